The third-order valence-electron chi connectivity index (χ3n) is 2.34. The third-order valence-corrected chi connectivity index (χ3v) is 2.34. The van der Waals surface area contributed by atoms with E-state index < -0.39 is 24.7 Å². The van der Waals surface area contributed by atoms with Crippen molar-refractivity contribution in [2.24, 2.45) is 20.5 Å². The molecule has 0 aliphatic heterocycles. The van der Waals surface area contributed by atoms with Crippen molar-refractivity contribution in [3.63, 3.8) is 0 Å². The lowest BCUT2D eigenvalue weighted by atomic mass is 9.92. The average molecular weight is 276 g/mol. The first-order valence-corrected chi connectivity index (χ1v) is 5.13. The molecule has 0 amide bonds. The largest absolute Gasteiger partial charge is 0.520 e. The van der Waals surface area contributed by atoms with E-state index in [0.717, 1.165) is 0 Å². The Hall–Kier alpha value is -1.22. The summed E-state index contributed by atoms with van der Waals surface area (Å²) in [6.45, 7) is 0. The van der Waals surface area contributed by atoms with Crippen LogP contribution in [0, 0.1) is 0 Å². The molecule has 0 heterocycles. The Morgan fingerprint density at radius 1 is 0.611 bits per heavy atom. The van der Waals surface area contributed by atoms with Crippen molar-refractivity contribution in [3.05, 3.63) is 0 Å². The van der Waals surface area contributed by atoms with Gasteiger partial charge in [0.05, 0.1) is 12.1 Å². The normalized spacial score (nSPS) is 27.2. The van der Waals surface area contributed by atoms with Crippen LogP contribution in [0.3, 0.4) is 0 Å². The number of rotatable bonds is 2. The van der Waals surface area contributed by atoms with E-state index in [4.69, 9.17) is 0 Å². The molecule has 0 bridgehead atoms. The van der Waals surface area contributed by atoms with Crippen molar-refractivity contribution >= 4 is 0 Å². The van der Waals surface area contributed by atoms with Crippen LogP contribution >= 0.6 is 0 Å². The van der Waals surface area contributed by atoms with Crippen molar-refractivity contribution in [3.8, 4) is 0 Å². The predicted molar refractivity (Wildman–Crippen MR) is 47.9 cm³/mol. The second-order valence-corrected chi connectivity index (χ2v) is 3.83. The number of nitrogens with zero attached hydrogens (tertiary/aromatic N) is 4. The molecule has 0 atom stereocenters. The molecule has 1 aliphatic carbocycles. The van der Waals surface area contributed by atoms with Crippen molar-refractivity contribution in [1.82, 2.24) is 0 Å². The molecule has 0 unspecified atom stereocenters. The Morgan fingerprint density at radius 3 is 1.11 bits per heavy atom. The lowest BCUT2D eigenvalue weighted by Crippen LogP contribution is -2.20. The fourth-order valence-electron chi connectivity index (χ4n) is 1.58. The van der Waals surface area contributed by atoms with E-state index in [2.05, 4.69) is 20.5 Å². The van der Waals surface area contributed by atoms with Gasteiger partial charge in [-0.15, -0.1) is 26.3 Å². The zero-order valence-corrected chi connectivity index (χ0v) is 9.04. The Bertz CT molecular complexity index is 281. The highest BCUT2D eigenvalue weighted by molar-refractivity contribution is 4.79. The van der Waals surface area contributed by atoms with Crippen molar-refractivity contribution in [2.45, 2.75) is 50.4 Å². The van der Waals surface area contributed by atoms with E-state index in [0.29, 0.717) is 0 Å². The zero-order valence-electron chi connectivity index (χ0n) is 9.04. The molecule has 4 nitrogen and oxygen atoms in total. The summed E-state index contributed by atoms with van der Waals surface area (Å²) in [6, 6.07) is -1.21. The molecule has 1 fully saturated rings. The molecule has 0 aromatic carbocycles. The van der Waals surface area contributed by atoms with Gasteiger partial charge < -0.3 is 0 Å². The molecule has 0 spiro atoms. The highest BCUT2D eigenvalue weighted by atomic mass is 19.4. The standard InChI is InChI=1S/C8H10F6N4/c9-7(10,11)17-15-5-1-2-6(4-3-5)16-18-8(12,13)14/h5-6H,1-4H2. The summed E-state index contributed by atoms with van der Waals surface area (Å²) in [7, 11) is 0. The number of alkyl halides is 6. The van der Waals surface area contributed by atoms with Crippen LogP contribution in [0.25, 0.3) is 0 Å². The van der Waals surface area contributed by atoms with Crippen LogP contribution in [-0.2, 0) is 0 Å². The molecular weight excluding hydrogens is 266 g/mol. The first-order valence-electron chi connectivity index (χ1n) is 5.13. The summed E-state index contributed by atoms with van der Waals surface area (Å²) in [6.07, 6.45) is -8.51. The summed E-state index contributed by atoms with van der Waals surface area (Å²) in [4.78, 5) is 0. The van der Waals surface area contributed by atoms with Gasteiger partial charge in [0.15, 0.2) is 0 Å². The smallest absolute Gasteiger partial charge is 0.182 e. The number of azo groups is 2. The summed E-state index contributed by atoms with van der Waals surface area (Å²) in [5.74, 6) is 0. The van der Waals surface area contributed by atoms with Gasteiger partial charge in [-0.25, -0.2) is 0 Å². The van der Waals surface area contributed by atoms with E-state index in [1.165, 1.54) is 0 Å². The van der Waals surface area contributed by atoms with E-state index in [1.807, 2.05) is 0 Å². The summed E-state index contributed by atoms with van der Waals surface area (Å²) in [5.41, 5.74) is 0. The van der Waals surface area contributed by atoms with Gasteiger partial charge in [0.25, 0.3) is 0 Å². The molecule has 0 aromatic heterocycles. The second kappa shape index (κ2) is 5.61. The minimum absolute atomic E-state index is 0.223. The minimum atomic E-state index is -4.70. The number of hydrogen-bond acceptors (Lipinski definition) is 4. The van der Waals surface area contributed by atoms with Crippen LogP contribution < -0.4 is 0 Å². The van der Waals surface area contributed by atoms with E-state index >= 15 is 0 Å². The van der Waals surface area contributed by atoms with E-state index in [1.54, 1.807) is 0 Å². The highest BCUT2D eigenvalue weighted by Gasteiger charge is 2.30. The Kier molecular flexibility index (Phi) is 4.63. The topological polar surface area (TPSA) is 49.4 Å². The molecule has 18 heavy (non-hydrogen) atoms. The van der Waals surface area contributed by atoms with Gasteiger partial charge in [0.1, 0.15) is 0 Å². The predicted octanol–water partition coefficient (Wildman–Crippen LogP) is 4.24. The van der Waals surface area contributed by atoms with E-state index in [9.17, 15) is 26.3 Å². The third kappa shape index (κ3) is 6.50. The second-order valence-electron chi connectivity index (χ2n) is 3.83. The minimum Gasteiger partial charge on any atom is -0.182 e. The van der Waals surface area contributed by atoms with Gasteiger partial charge in [-0.1, -0.05) is 10.2 Å². The molecule has 10 heteroatoms. The van der Waals surface area contributed by atoms with Gasteiger partial charge in [-0.05, 0) is 25.7 Å². The maximum absolute atomic E-state index is 11.7. The molecule has 0 radical (unpaired) electrons. The maximum atomic E-state index is 11.7. The SMILES string of the molecule is FC(F)(F)N=NC1CCC(N=NC(F)(F)F)CC1. The first-order chi connectivity index (χ1) is 8.16. The lowest BCUT2D eigenvalue weighted by Gasteiger charge is -2.21. The van der Waals surface area contributed by atoms with Gasteiger partial charge in [-0.3, -0.25) is 0 Å². The molecule has 1 saturated carbocycles. The molecule has 1 aliphatic rings. The molecular formula is C8H10F6N4. The molecule has 0 aromatic rings. The van der Waals surface area contributed by atoms with Gasteiger partial charge in [0.2, 0.25) is 0 Å². The van der Waals surface area contributed by atoms with Gasteiger partial charge in [0, 0.05) is 0 Å². The van der Waals surface area contributed by atoms with Crippen LogP contribution in [0.2, 0.25) is 0 Å². The van der Waals surface area contributed by atoms with Crippen LogP contribution in [-0.4, -0.2) is 24.7 Å². The Morgan fingerprint density at radius 2 is 0.889 bits per heavy atom. The van der Waals surface area contributed by atoms with Crippen LogP contribution in [0.4, 0.5) is 26.3 Å². The quantitative estimate of drug-likeness (QED) is 0.411. The van der Waals surface area contributed by atoms with Crippen LogP contribution in [0.15, 0.2) is 20.5 Å². The number of halogens is 6. The van der Waals surface area contributed by atoms with Crippen LogP contribution in [0.1, 0.15) is 25.7 Å². The molecule has 1 rings (SSSR count). The monoisotopic (exact) mass is 276 g/mol. The number of hydrogen-bond donors (Lipinski definition) is 0. The average Bonchev–Trinajstić information content (AvgIpc) is 2.23. The van der Waals surface area contributed by atoms with Crippen LogP contribution in [0.5, 0.6) is 0 Å². The molecule has 104 valence electrons. The first kappa shape index (κ1) is 14.8. The summed E-state index contributed by atoms with van der Waals surface area (Å²) >= 11 is 0. The summed E-state index contributed by atoms with van der Waals surface area (Å²) < 4.78 is 70.3. The highest BCUT2D eigenvalue weighted by Crippen LogP contribution is 2.27. The van der Waals surface area contributed by atoms with Crippen molar-refractivity contribution < 1.29 is 26.3 Å². The van der Waals surface area contributed by atoms with Crippen molar-refractivity contribution in [1.29, 1.82) is 0 Å². The molecule has 0 N–H and O–H groups in total. The van der Waals surface area contributed by atoms with Crippen molar-refractivity contribution in [2.75, 3.05) is 0 Å². The fraction of sp³-hybridized carbons (Fsp3) is 1.00. The maximum Gasteiger partial charge on any atom is 0.520 e. The van der Waals surface area contributed by atoms with Gasteiger partial charge in [-0.2, -0.15) is 10.2 Å². The Labute approximate surface area is 98.2 Å². The summed E-state index contributed by atoms with van der Waals surface area (Å²) in [5, 5.41) is 10.6. The zero-order chi connectivity index (χ0) is 13.8. The van der Waals surface area contributed by atoms with Gasteiger partial charge >= 0.3 is 12.6 Å². The fourth-order valence-corrected chi connectivity index (χ4v) is 1.58. The Balaban J connectivity index is 2.38. The molecule has 0 saturated heterocycles. The lowest BCUT2D eigenvalue weighted by molar-refractivity contribution is -0.128. The van der Waals surface area contributed by atoms with E-state index in [-0.39, 0.29) is 25.7 Å².